The monoisotopic (exact) mass is 1550 g/mol. The molecule has 0 aromatic heterocycles. The molecule has 0 radical (unpaired) electrons. The molecule has 0 aromatic carbocycles. The topological polar surface area (TPSA) is 105 Å². The maximum atomic E-state index is 10.9. The highest BCUT2D eigenvalue weighted by molar-refractivity contribution is 5.82. The zero-order valence-corrected chi connectivity index (χ0v) is 75.2. The summed E-state index contributed by atoms with van der Waals surface area (Å²) in [6.45, 7) is 24.9. The first kappa shape index (κ1) is 113. The van der Waals surface area contributed by atoms with Crippen LogP contribution in [-0.2, 0) is 38.1 Å². The van der Waals surface area contributed by atoms with E-state index in [1.165, 1.54) is 525 Å². The fourth-order valence-electron chi connectivity index (χ4n) is 14.7. The number of carbonyl (C=O) groups is 4. The third kappa shape index (κ3) is 116. The minimum atomic E-state index is -0.299. The fourth-order valence-corrected chi connectivity index (χ4v) is 14.7. The van der Waals surface area contributed by atoms with Crippen LogP contribution in [0.3, 0.4) is 0 Å². The Morgan fingerprint density at radius 1 is 0.145 bits per heavy atom. The van der Waals surface area contributed by atoms with Crippen molar-refractivity contribution >= 4 is 23.9 Å². The molecule has 0 rings (SSSR count). The van der Waals surface area contributed by atoms with Crippen molar-refractivity contribution in [2.75, 3.05) is 26.4 Å². The first-order valence-electron chi connectivity index (χ1n) is 49.4. The number of esters is 4. The lowest BCUT2D eigenvalue weighted by Crippen LogP contribution is -2.01. The Labute approximate surface area is 689 Å². The minimum Gasteiger partial charge on any atom is -0.463 e. The number of carbonyl (C=O) groups excluding carboxylic acids is 4. The smallest absolute Gasteiger partial charge is 0.330 e. The van der Waals surface area contributed by atoms with Gasteiger partial charge in [0.25, 0.3) is 0 Å². The van der Waals surface area contributed by atoms with Crippen molar-refractivity contribution in [3.05, 3.63) is 50.6 Å². The Morgan fingerprint density at radius 2 is 0.218 bits per heavy atom. The molecule has 0 fully saturated rings. The van der Waals surface area contributed by atoms with Gasteiger partial charge < -0.3 is 18.9 Å². The van der Waals surface area contributed by atoms with E-state index < -0.39 is 0 Å². The van der Waals surface area contributed by atoms with Crippen LogP contribution in [0, 0.1) is 0 Å². The summed E-state index contributed by atoms with van der Waals surface area (Å²) in [6, 6.07) is 0. The number of rotatable bonds is 90. The largest absolute Gasteiger partial charge is 0.463 e. The summed E-state index contributed by atoms with van der Waals surface area (Å²) in [5, 5.41) is 0. The van der Waals surface area contributed by atoms with Crippen molar-refractivity contribution in [3.63, 3.8) is 0 Å². The molecule has 8 nitrogen and oxygen atoms in total. The van der Waals surface area contributed by atoms with Crippen LogP contribution in [0.25, 0.3) is 0 Å². The summed E-state index contributed by atoms with van der Waals surface area (Å²) < 4.78 is 19.9. The summed E-state index contributed by atoms with van der Waals surface area (Å²) in [4.78, 5) is 43.5. The molecule has 8 heteroatoms. The second-order valence-electron chi connectivity index (χ2n) is 33.1. The molecular weight excluding hydrogens is 1350 g/mol. The van der Waals surface area contributed by atoms with E-state index in [9.17, 15) is 19.2 Å². The molecule has 0 aromatic rings. The van der Waals surface area contributed by atoms with Crippen LogP contribution in [0.1, 0.15) is 554 Å². The zero-order valence-electron chi connectivity index (χ0n) is 75.2. The van der Waals surface area contributed by atoms with Crippen molar-refractivity contribution < 1.29 is 38.1 Å². The maximum absolute atomic E-state index is 10.9. The van der Waals surface area contributed by atoms with E-state index in [-0.39, 0.29) is 23.9 Å². The van der Waals surface area contributed by atoms with E-state index in [2.05, 4.69) is 54.0 Å². The molecule has 0 saturated heterocycles. The fraction of sp³-hybridized carbons (Fsp3) is 0.882. The lowest BCUT2D eigenvalue weighted by atomic mass is 10.0. The molecule has 652 valence electrons. The van der Waals surface area contributed by atoms with E-state index in [1.54, 1.807) is 0 Å². The third-order valence-corrected chi connectivity index (χ3v) is 22.1. The molecule has 0 N–H and O–H groups in total. The van der Waals surface area contributed by atoms with Gasteiger partial charge in [0.2, 0.25) is 0 Å². The van der Waals surface area contributed by atoms with Crippen molar-refractivity contribution in [1.82, 2.24) is 0 Å². The van der Waals surface area contributed by atoms with Crippen LogP contribution < -0.4 is 0 Å². The van der Waals surface area contributed by atoms with E-state index in [1.807, 2.05) is 0 Å². The van der Waals surface area contributed by atoms with Gasteiger partial charge in [-0.2, -0.15) is 0 Å². The third-order valence-electron chi connectivity index (χ3n) is 22.1. The number of unbranched alkanes of at least 4 members (excludes halogenated alkanes) is 78. The highest BCUT2D eigenvalue weighted by Crippen LogP contribution is 2.21. The van der Waals surface area contributed by atoms with Gasteiger partial charge in [0.15, 0.2) is 0 Å². The minimum absolute atomic E-state index is 0.298. The molecule has 110 heavy (non-hydrogen) atoms. The molecule has 0 spiro atoms. The summed E-state index contributed by atoms with van der Waals surface area (Å²) in [6.07, 6.45) is 119. The average molecular weight is 1550 g/mol. The second-order valence-corrected chi connectivity index (χ2v) is 33.1. The van der Waals surface area contributed by atoms with Crippen molar-refractivity contribution in [2.24, 2.45) is 0 Å². The highest BCUT2D eigenvalue weighted by Gasteiger charge is 2.04. The van der Waals surface area contributed by atoms with E-state index in [4.69, 9.17) is 18.9 Å². The summed E-state index contributed by atoms with van der Waals surface area (Å²) in [5.41, 5.74) is 0. The first-order chi connectivity index (χ1) is 54.2. The van der Waals surface area contributed by atoms with Crippen LogP contribution in [0.2, 0.25) is 0 Å². The number of hydrogen-bond acceptors (Lipinski definition) is 8. The van der Waals surface area contributed by atoms with Crippen LogP contribution in [0.4, 0.5) is 0 Å². The lowest BCUT2D eigenvalue weighted by molar-refractivity contribution is -0.138. The molecule has 0 atom stereocenters. The standard InChI is InChI=1S/C27H52O2.C26H50O2.C25H48O2.C24H46O2/c1-3-5-6-7-8-9-10-11-12-13-14-15-16-17-18-19-20-21-22-23-24-25-26-29-27(28)4-2;1-3-5-6-7-8-9-10-11-12-13-14-15-16-17-18-19-20-21-22-23-24-25-28-26(27)4-2;1-3-5-6-7-8-9-10-11-12-13-14-15-16-17-18-19-20-21-22-23-24-27-25(26)4-2;1-3-5-6-7-8-9-10-11-12-13-14-15-16-17-18-19-20-21-22-23-26-24(25)4-2/h4H,2-3,5-26H2,1H3;4H,2-3,5-25H2,1H3;4H,2-3,5-24H2,1H3;4H,2-3,5-23H2,1H3. The molecular formula is C102H196O8. The van der Waals surface area contributed by atoms with Crippen LogP contribution in [0.15, 0.2) is 50.6 Å². The Morgan fingerprint density at radius 3 is 0.291 bits per heavy atom. The molecule has 0 amide bonds. The quantitative estimate of drug-likeness (QED) is 0.0257. The van der Waals surface area contributed by atoms with Gasteiger partial charge >= 0.3 is 23.9 Å². The van der Waals surface area contributed by atoms with Gasteiger partial charge in [0, 0.05) is 24.3 Å². The van der Waals surface area contributed by atoms with Gasteiger partial charge in [0.1, 0.15) is 0 Å². The summed E-state index contributed by atoms with van der Waals surface area (Å²) in [5.74, 6) is -1.19. The van der Waals surface area contributed by atoms with Gasteiger partial charge in [-0.1, -0.05) is 555 Å². The van der Waals surface area contributed by atoms with E-state index in [0.29, 0.717) is 26.4 Å². The molecule has 0 heterocycles. The summed E-state index contributed by atoms with van der Waals surface area (Å²) >= 11 is 0. The highest BCUT2D eigenvalue weighted by atomic mass is 16.5. The van der Waals surface area contributed by atoms with Crippen LogP contribution >= 0.6 is 0 Å². The van der Waals surface area contributed by atoms with E-state index in [0.717, 1.165) is 25.7 Å². The molecule has 0 saturated carbocycles. The van der Waals surface area contributed by atoms with Crippen LogP contribution in [-0.4, -0.2) is 50.3 Å². The van der Waals surface area contributed by atoms with Gasteiger partial charge in [0.05, 0.1) is 26.4 Å². The molecule has 0 aliphatic rings. The van der Waals surface area contributed by atoms with Gasteiger partial charge in [-0.25, -0.2) is 19.2 Å². The first-order valence-corrected chi connectivity index (χ1v) is 49.4. The van der Waals surface area contributed by atoms with Crippen molar-refractivity contribution in [2.45, 2.75) is 554 Å². The van der Waals surface area contributed by atoms with Crippen molar-refractivity contribution in [1.29, 1.82) is 0 Å². The Kier molecular flexibility index (Phi) is 113. The zero-order chi connectivity index (χ0) is 80.8. The lowest BCUT2D eigenvalue weighted by Gasteiger charge is -2.04. The van der Waals surface area contributed by atoms with Gasteiger partial charge in [-0.15, -0.1) is 0 Å². The normalized spacial score (nSPS) is 10.9. The maximum Gasteiger partial charge on any atom is 0.330 e. The Bertz CT molecular complexity index is 1780. The van der Waals surface area contributed by atoms with Gasteiger partial charge in [-0.05, 0) is 25.7 Å². The predicted molar refractivity (Wildman–Crippen MR) is 486 cm³/mol. The predicted octanol–water partition coefficient (Wildman–Crippen LogP) is 34.9. The Hall–Kier alpha value is -3.16. The SMILES string of the molecule is C=CC(=O)OCCCCCCCCCCCCCCCCCCCCC.C=CC(=O)OCCCCCCCCCCCCCCCCCCCCCC.C=CC(=O)OCCCCCCCCCCCCCCCCCCCCCCC.C=CC(=O)OCCCCCCCCCCCCCCCCCCCCCCCC. The molecule has 0 bridgehead atoms. The molecule has 0 aliphatic heterocycles. The average Bonchev–Trinajstić information content (AvgIpc) is 3.79. The summed E-state index contributed by atoms with van der Waals surface area (Å²) in [7, 11) is 0. The van der Waals surface area contributed by atoms with Crippen molar-refractivity contribution in [3.8, 4) is 0 Å². The Balaban J connectivity index is -0.000000681. The number of hydrogen-bond donors (Lipinski definition) is 0. The van der Waals surface area contributed by atoms with E-state index >= 15 is 0 Å². The number of ether oxygens (including phenoxy) is 4. The molecule has 0 aliphatic carbocycles. The second kappa shape index (κ2) is 110. The molecule has 0 unspecified atom stereocenters. The van der Waals surface area contributed by atoms with Gasteiger partial charge in [-0.3, -0.25) is 0 Å². The van der Waals surface area contributed by atoms with Crippen LogP contribution in [0.5, 0.6) is 0 Å².